The Morgan fingerprint density at radius 3 is 2.31 bits per heavy atom. The van der Waals surface area contributed by atoms with Crippen LogP contribution in [0.15, 0.2) is 22.3 Å². The van der Waals surface area contributed by atoms with Gasteiger partial charge in [0.05, 0.1) is 0 Å². The van der Waals surface area contributed by atoms with E-state index < -0.39 is 0 Å². The highest BCUT2D eigenvalue weighted by molar-refractivity contribution is 5.79. The van der Waals surface area contributed by atoms with E-state index in [4.69, 9.17) is 0 Å². The zero-order valence-electron chi connectivity index (χ0n) is 9.28. The van der Waals surface area contributed by atoms with E-state index in [0.717, 1.165) is 0 Å². The third-order valence-electron chi connectivity index (χ3n) is 2.25. The van der Waals surface area contributed by atoms with Crippen molar-refractivity contribution in [3.05, 3.63) is 12.3 Å². The van der Waals surface area contributed by atoms with Crippen molar-refractivity contribution in [1.82, 2.24) is 0 Å². The van der Waals surface area contributed by atoms with Crippen molar-refractivity contribution in [2.45, 2.75) is 34.6 Å². The van der Waals surface area contributed by atoms with Gasteiger partial charge in [-0.2, -0.15) is 0 Å². The summed E-state index contributed by atoms with van der Waals surface area (Å²) in [7, 11) is 0. The average molecular weight is 180 g/mol. The zero-order valence-corrected chi connectivity index (χ0v) is 9.28. The molecule has 1 heterocycles. The maximum absolute atomic E-state index is 4.07. The van der Waals surface area contributed by atoms with Crippen molar-refractivity contribution >= 4 is 12.6 Å². The van der Waals surface area contributed by atoms with Crippen LogP contribution >= 0.6 is 0 Å². The van der Waals surface area contributed by atoms with Crippen molar-refractivity contribution < 1.29 is 0 Å². The number of allylic oxidation sites excluding steroid dienone is 1. The van der Waals surface area contributed by atoms with Gasteiger partial charge in [0.15, 0.2) is 0 Å². The summed E-state index contributed by atoms with van der Waals surface area (Å²) in [5, 5.41) is 0. The number of hydrogen-bond acceptors (Lipinski definition) is 2. The van der Waals surface area contributed by atoms with E-state index in [1.807, 2.05) is 26.3 Å². The smallest absolute Gasteiger partial charge is 0.114 e. The maximum Gasteiger partial charge on any atom is 0.114 e. The molecule has 0 aromatic heterocycles. The number of nitrogens with zero attached hydrogens (tertiary/aromatic N) is 2. The molecule has 0 amide bonds. The normalized spacial score (nSPS) is 25.4. The predicted molar refractivity (Wildman–Crippen MR) is 60.4 cm³/mol. The molecule has 1 unspecified atom stereocenters. The molecule has 2 nitrogen and oxygen atoms in total. The van der Waals surface area contributed by atoms with Crippen LogP contribution in [0.2, 0.25) is 0 Å². The fourth-order valence-corrected chi connectivity index (χ4v) is 0.859. The van der Waals surface area contributed by atoms with Crippen LogP contribution in [0.3, 0.4) is 0 Å². The highest BCUT2D eigenvalue weighted by Crippen LogP contribution is 2.26. The van der Waals surface area contributed by atoms with E-state index in [9.17, 15) is 0 Å². The summed E-state index contributed by atoms with van der Waals surface area (Å²) in [5.41, 5.74) is 0.0660. The molecule has 13 heavy (non-hydrogen) atoms. The number of aliphatic imine (C=N–C) groups is 2. The molecular weight excluding hydrogens is 160 g/mol. The Bertz CT molecular complexity index is 196. The molecule has 1 aliphatic rings. The summed E-state index contributed by atoms with van der Waals surface area (Å²) < 4.78 is 0. The van der Waals surface area contributed by atoms with Crippen LogP contribution in [-0.2, 0) is 0 Å². The lowest BCUT2D eigenvalue weighted by Gasteiger charge is -2.24. The Morgan fingerprint density at radius 1 is 1.15 bits per heavy atom. The molecule has 0 aromatic rings. The third-order valence-corrected chi connectivity index (χ3v) is 2.25. The summed E-state index contributed by atoms with van der Waals surface area (Å²) in [6.07, 6.45) is 7.42. The van der Waals surface area contributed by atoms with E-state index in [2.05, 4.69) is 36.8 Å². The molecule has 1 aliphatic heterocycles. The molecular formula is C11H20N2. The van der Waals surface area contributed by atoms with Crippen molar-refractivity contribution in [3.63, 3.8) is 0 Å². The van der Waals surface area contributed by atoms with Gasteiger partial charge in [-0.05, 0) is 5.92 Å². The van der Waals surface area contributed by atoms with Crippen LogP contribution in [0.1, 0.15) is 34.6 Å². The summed E-state index contributed by atoms with van der Waals surface area (Å²) in [6.45, 7) is 10.5. The lowest BCUT2D eigenvalue weighted by atomic mass is 9.80. The topological polar surface area (TPSA) is 24.7 Å². The molecule has 0 bridgehead atoms. The van der Waals surface area contributed by atoms with Gasteiger partial charge in [0.1, 0.15) is 6.34 Å². The Kier molecular flexibility index (Phi) is 5.28. The fraction of sp³-hybridized carbons (Fsp3) is 0.636. The van der Waals surface area contributed by atoms with Crippen LogP contribution in [0.5, 0.6) is 0 Å². The second-order valence-corrected chi connectivity index (χ2v) is 3.38. The molecule has 0 aliphatic carbocycles. The van der Waals surface area contributed by atoms with Crippen LogP contribution in [0, 0.1) is 11.3 Å². The Hall–Kier alpha value is -0.920. The molecule has 0 spiro atoms. The fourth-order valence-electron chi connectivity index (χ4n) is 0.859. The van der Waals surface area contributed by atoms with E-state index in [1.165, 1.54) is 0 Å². The highest BCUT2D eigenvalue weighted by atomic mass is 14.8. The van der Waals surface area contributed by atoms with Crippen molar-refractivity contribution in [2.24, 2.45) is 21.3 Å². The third kappa shape index (κ3) is 3.53. The Morgan fingerprint density at radius 2 is 1.77 bits per heavy atom. The summed E-state index contributed by atoms with van der Waals surface area (Å²) in [5.74, 6) is 0.559. The molecule has 1 rings (SSSR count). The molecule has 0 fully saturated rings. The number of hydrogen-bond donors (Lipinski definition) is 0. The number of rotatable bonds is 1. The van der Waals surface area contributed by atoms with Gasteiger partial charge >= 0.3 is 0 Å². The van der Waals surface area contributed by atoms with Crippen LogP contribution in [0.25, 0.3) is 0 Å². The van der Waals surface area contributed by atoms with Gasteiger partial charge in [-0.15, -0.1) is 0 Å². The van der Waals surface area contributed by atoms with E-state index in [0.29, 0.717) is 5.92 Å². The Balaban J connectivity index is 0.000000671. The maximum atomic E-state index is 4.07. The largest absolute Gasteiger partial charge is 0.248 e. The predicted octanol–water partition coefficient (Wildman–Crippen LogP) is 3.30. The monoisotopic (exact) mass is 180 g/mol. The van der Waals surface area contributed by atoms with Crippen molar-refractivity contribution in [2.75, 3.05) is 0 Å². The second kappa shape index (κ2) is 5.68. The van der Waals surface area contributed by atoms with Gasteiger partial charge < -0.3 is 0 Å². The highest BCUT2D eigenvalue weighted by Gasteiger charge is 2.23. The van der Waals surface area contributed by atoms with Gasteiger partial charge in [-0.25, -0.2) is 9.98 Å². The lowest BCUT2D eigenvalue weighted by Crippen LogP contribution is -2.22. The van der Waals surface area contributed by atoms with E-state index in [-0.39, 0.29) is 5.41 Å². The Labute approximate surface area is 81.5 Å². The SMILES string of the molecule is CC.CC(C)C1(C)C=CN=CN=C1. The molecule has 0 N–H and O–H groups in total. The first-order valence-corrected chi connectivity index (χ1v) is 4.89. The summed E-state index contributed by atoms with van der Waals surface area (Å²) >= 11 is 0. The molecule has 74 valence electrons. The molecule has 0 saturated heterocycles. The zero-order chi connectivity index (χ0) is 10.3. The van der Waals surface area contributed by atoms with Crippen LogP contribution < -0.4 is 0 Å². The van der Waals surface area contributed by atoms with Gasteiger partial charge in [0, 0.05) is 17.8 Å². The molecule has 0 aromatic carbocycles. The minimum absolute atomic E-state index is 0.0660. The summed E-state index contributed by atoms with van der Waals surface area (Å²) in [4.78, 5) is 8.01. The minimum Gasteiger partial charge on any atom is -0.248 e. The van der Waals surface area contributed by atoms with Crippen LogP contribution in [-0.4, -0.2) is 12.6 Å². The second-order valence-electron chi connectivity index (χ2n) is 3.38. The van der Waals surface area contributed by atoms with Crippen molar-refractivity contribution in [3.8, 4) is 0 Å². The van der Waals surface area contributed by atoms with Crippen molar-refractivity contribution in [1.29, 1.82) is 0 Å². The van der Waals surface area contributed by atoms with Gasteiger partial charge in [0.25, 0.3) is 0 Å². The van der Waals surface area contributed by atoms with E-state index >= 15 is 0 Å². The molecule has 2 heteroatoms. The first kappa shape index (κ1) is 12.1. The quantitative estimate of drug-likeness (QED) is 0.591. The van der Waals surface area contributed by atoms with E-state index in [1.54, 1.807) is 6.34 Å². The minimum atomic E-state index is 0.0660. The van der Waals surface area contributed by atoms with Gasteiger partial charge in [-0.3, -0.25) is 0 Å². The lowest BCUT2D eigenvalue weighted by molar-refractivity contribution is 0.424. The summed E-state index contributed by atoms with van der Waals surface area (Å²) in [6, 6.07) is 0. The van der Waals surface area contributed by atoms with Gasteiger partial charge in [0.2, 0.25) is 0 Å². The first-order valence-electron chi connectivity index (χ1n) is 4.89. The van der Waals surface area contributed by atoms with Crippen LogP contribution in [0.4, 0.5) is 0 Å². The first-order chi connectivity index (χ1) is 6.15. The standard InChI is InChI=1S/C9H14N2.C2H6/c1-8(2)9(3)4-5-10-7-11-6-9;1-2/h4-8H,1-3H3;1-2H3. The molecule has 0 saturated carbocycles. The van der Waals surface area contributed by atoms with Gasteiger partial charge in [-0.1, -0.05) is 40.7 Å². The average Bonchev–Trinajstić information content (AvgIpc) is 2.35. The molecule has 1 atom stereocenters. The molecule has 0 radical (unpaired) electrons.